The van der Waals surface area contributed by atoms with Crippen LogP contribution in [0.2, 0.25) is 0 Å². The summed E-state index contributed by atoms with van der Waals surface area (Å²) in [5, 5.41) is 0. The van der Waals surface area contributed by atoms with Crippen molar-refractivity contribution in [1.29, 1.82) is 0 Å². The van der Waals surface area contributed by atoms with Gasteiger partial charge in [0.2, 0.25) is 10.0 Å². The van der Waals surface area contributed by atoms with Crippen LogP contribution in [0.4, 0.5) is 5.69 Å². The SMILES string of the molecule is CN(C)CCC(Oc1ccc(NS(C)(=O)=O)cc1)c1ccccc1. The van der Waals surface area contributed by atoms with Crippen molar-refractivity contribution < 1.29 is 13.2 Å². The Labute approximate surface area is 144 Å². The van der Waals surface area contributed by atoms with Crippen LogP contribution in [-0.2, 0) is 10.0 Å². The molecular formula is C18H24N2O3S. The van der Waals surface area contributed by atoms with E-state index in [1.807, 2.05) is 32.3 Å². The van der Waals surface area contributed by atoms with Gasteiger partial charge in [-0.15, -0.1) is 0 Å². The summed E-state index contributed by atoms with van der Waals surface area (Å²) in [4.78, 5) is 2.12. The summed E-state index contributed by atoms with van der Waals surface area (Å²) in [5.74, 6) is 0.710. The zero-order valence-corrected chi connectivity index (χ0v) is 15.1. The zero-order chi connectivity index (χ0) is 17.6. The highest BCUT2D eigenvalue weighted by atomic mass is 32.2. The van der Waals surface area contributed by atoms with Crippen molar-refractivity contribution in [2.75, 3.05) is 31.6 Å². The summed E-state index contributed by atoms with van der Waals surface area (Å²) < 4.78 is 31.1. The molecule has 5 nitrogen and oxygen atoms in total. The summed E-state index contributed by atoms with van der Waals surface area (Å²) >= 11 is 0. The Bertz CT molecular complexity index is 729. The van der Waals surface area contributed by atoms with Gasteiger partial charge in [-0.05, 0) is 43.9 Å². The van der Waals surface area contributed by atoms with Crippen LogP contribution in [0.5, 0.6) is 5.75 Å². The first-order chi connectivity index (χ1) is 11.3. The Balaban J connectivity index is 2.11. The molecule has 1 atom stereocenters. The number of benzene rings is 2. The lowest BCUT2D eigenvalue weighted by Crippen LogP contribution is -2.18. The molecule has 0 fully saturated rings. The minimum atomic E-state index is -3.27. The Morgan fingerprint density at radius 1 is 1.04 bits per heavy atom. The average molecular weight is 348 g/mol. The highest BCUT2D eigenvalue weighted by molar-refractivity contribution is 7.92. The maximum Gasteiger partial charge on any atom is 0.229 e. The molecule has 0 aliphatic heterocycles. The lowest BCUT2D eigenvalue weighted by Gasteiger charge is -2.21. The van der Waals surface area contributed by atoms with E-state index < -0.39 is 10.0 Å². The van der Waals surface area contributed by atoms with E-state index in [4.69, 9.17) is 4.74 Å². The molecule has 2 aromatic rings. The lowest BCUT2D eigenvalue weighted by molar-refractivity contribution is 0.179. The third kappa shape index (κ3) is 6.22. The quantitative estimate of drug-likeness (QED) is 0.796. The number of hydrogen-bond acceptors (Lipinski definition) is 4. The van der Waals surface area contributed by atoms with Gasteiger partial charge in [-0.2, -0.15) is 0 Å². The monoisotopic (exact) mass is 348 g/mol. The molecule has 1 N–H and O–H groups in total. The van der Waals surface area contributed by atoms with E-state index in [0.29, 0.717) is 11.4 Å². The van der Waals surface area contributed by atoms with Crippen molar-refractivity contribution in [3.05, 3.63) is 60.2 Å². The van der Waals surface area contributed by atoms with Crippen molar-refractivity contribution >= 4 is 15.7 Å². The van der Waals surface area contributed by atoms with Gasteiger partial charge in [-0.25, -0.2) is 8.42 Å². The number of ether oxygens (including phenoxy) is 1. The van der Waals surface area contributed by atoms with Crippen molar-refractivity contribution in [2.45, 2.75) is 12.5 Å². The second-order valence-electron chi connectivity index (χ2n) is 6.01. The van der Waals surface area contributed by atoms with Crippen LogP contribution in [-0.4, -0.2) is 40.2 Å². The van der Waals surface area contributed by atoms with E-state index >= 15 is 0 Å². The summed E-state index contributed by atoms with van der Waals surface area (Å²) in [6.07, 6.45) is 1.94. The van der Waals surface area contributed by atoms with Crippen molar-refractivity contribution in [1.82, 2.24) is 4.90 Å². The van der Waals surface area contributed by atoms with Crippen LogP contribution < -0.4 is 9.46 Å². The predicted molar refractivity (Wildman–Crippen MR) is 97.9 cm³/mol. The van der Waals surface area contributed by atoms with Crippen molar-refractivity contribution in [3.63, 3.8) is 0 Å². The van der Waals surface area contributed by atoms with E-state index in [9.17, 15) is 8.42 Å². The summed E-state index contributed by atoms with van der Waals surface area (Å²) in [7, 11) is 0.800. The Morgan fingerprint density at radius 3 is 2.21 bits per heavy atom. The number of anilines is 1. The van der Waals surface area contributed by atoms with E-state index in [2.05, 4.69) is 21.8 Å². The number of rotatable bonds is 8. The molecule has 0 saturated heterocycles. The van der Waals surface area contributed by atoms with Gasteiger partial charge in [0.15, 0.2) is 0 Å². The molecule has 0 bridgehead atoms. The molecule has 0 saturated carbocycles. The van der Waals surface area contributed by atoms with Crippen LogP contribution >= 0.6 is 0 Å². The van der Waals surface area contributed by atoms with Gasteiger partial charge in [0.05, 0.1) is 6.26 Å². The van der Waals surface area contributed by atoms with E-state index in [1.54, 1.807) is 24.3 Å². The second kappa shape index (κ2) is 8.17. The van der Waals surface area contributed by atoms with Crippen molar-refractivity contribution in [2.24, 2.45) is 0 Å². The molecule has 0 amide bonds. The lowest BCUT2D eigenvalue weighted by atomic mass is 10.1. The van der Waals surface area contributed by atoms with Gasteiger partial charge in [0.25, 0.3) is 0 Å². The van der Waals surface area contributed by atoms with E-state index in [-0.39, 0.29) is 6.10 Å². The predicted octanol–water partition coefficient (Wildman–Crippen LogP) is 3.13. The Kier molecular flexibility index (Phi) is 6.23. The molecule has 0 heterocycles. The van der Waals surface area contributed by atoms with Gasteiger partial charge >= 0.3 is 0 Å². The van der Waals surface area contributed by atoms with Crippen LogP contribution in [0, 0.1) is 0 Å². The normalized spacial score (nSPS) is 12.8. The molecule has 0 aromatic heterocycles. The summed E-state index contributed by atoms with van der Waals surface area (Å²) in [6.45, 7) is 0.910. The van der Waals surface area contributed by atoms with Crippen LogP contribution in [0.25, 0.3) is 0 Å². The molecule has 0 radical (unpaired) electrons. The molecular weight excluding hydrogens is 324 g/mol. The molecule has 1 unspecified atom stereocenters. The Hall–Kier alpha value is -2.05. The highest BCUT2D eigenvalue weighted by Crippen LogP contribution is 2.26. The Morgan fingerprint density at radius 2 is 1.67 bits per heavy atom. The van der Waals surface area contributed by atoms with Crippen LogP contribution in [0.1, 0.15) is 18.1 Å². The molecule has 130 valence electrons. The number of hydrogen-bond donors (Lipinski definition) is 1. The highest BCUT2D eigenvalue weighted by Gasteiger charge is 2.14. The fourth-order valence-electron chi connectivity index (χ4n) is 2.32. The first-order valence-corrected chi connectivity index (χ1v) is 9.67. The van der Waals surface area contributed by atoms with Crippen molar-refractivity contribution in [3.8, 4) is 5.75 Å². The number of nitrogens with one attached hydrogen (secondary N) is 1. The molecule has 24 heavy (non-hydrogen) atoms. The first-order valence-electron chi connectivity index (χ1n) is 7.78. The molecule has 0 spiro atoms. The third-order valence-electron chi connectivity index (χ3n) is 3.45. The molecule has 0 aliphatic carbocycles. The molecule has 2 rings (SSSR count). The first kappa shape index (κ1) is 18.3. The average Bonchev–Trinajstić information content (AvgIpc) is 2.52. The minimum Gasteiger partial charge on any atom is -0.486 e. The topological polar surface area (TPSA) is 58.6 Å². The number of sulfonamides is 1. The smallest absolute Gasteiger partial charge is 0.229 e. The van der Waals surface area contributed by atoms with Gasteiger partial charge < -0.3 is 9.64 Å². The maximum absolute atomic E-state index is 11.3. The fraction of sp³-hybridized carbons (Fsp3) is 0.333. The maximum atomic E-state index is 11.3. The molecule has 6 heteroatoms. The third-order valence-corrected chi connectivity index (χ3v) is 4.05. The molecule has 2 aromatic carbocycles. The fourth-order valence-corrected chi connectivity index (χ4v) is 2.88. The van der Waals surface area contributed by atoms with Crippen LogP contribution in [0.3, 0.4) is 0 Å². The largest absolute Gasteiger partial charge is 0.486 e. The van der Waals surface area contributed by atoms with Gasteiger partial charge in [-0.3, -0.25) is 4.72 Å². The number of nitrogens with zero attached hydrogens (tertiary/aromatic N) is 1. The summed E-state index contributed by atoms with van der Waals surface area (Å²) in [6, 6.07) is 17.0. The van der Waals surface area contributed by atoms with Gasteiger partial charge in [0.1, 0.15) is 11.9 Å². The van der Waals surface area contributed by atoms with E-state index in [0.717, 1.165) is 24.8 Å². The standard InChI is InChI=1S/C18H24N2O3S/c1-20(2)14-13-18(15-7-5-4-6-8-15)23-17-11-9-16(10-12-17)19-24(3,21)22/h4-12,18-19H,13-14H2,1-3H3. The minimum absolute atomic E-state index is 0.0534. The summed E-state index contributed by atoms with van der Waals surface area (Å²) in [5.41, 5.74) is 1.65. The van der Waals surface area contributed by atoms with Gasteiger partial charge in [0, 0.05) is 18.7 Å². The second-order valence-corrected chi connectivity index (χ2v) is 7.76. The van der Waals surface area contributed by atoms with Gasteiger partial charge in [-0.1, -0.05) is 30.3 Å². The van der Waals surface area contributed by atoms with E-state index in [1.165, 1.54) is 0 Å². The zero-order valence-electron chi connectivity index (χ0n) is 14.3. The van der Waals surface area contributed by atoms with Crippen LogP contribution in [0.15, 0.2) is 54.6 Å². The molecule has 0 aliphatic rings.